The van der Waals surface area contributed by atoms with Crippen LogP contribution in [0.4, 0.5) is 24.5 Å². The number of anilines is 1. The molecular formula is C30H27F3N5O2S+. The van der Waals surface area contributed by atoms with Gasteiger partial charge in [-0.15, -0.1) is 11.3 Å². The summed E-state index contributed by atoms with van der Waals surface area (Å²) < 4.78 is 49.1. The molecule has 6 rings (SSSR count). The Bertz CT molecular complexity index is 1780. The van der Waals surface area contributed by atoms with E-state index in [0.29, 0.717) is 10.9 Å². The molecule has 3 heterocycles. The van der Waals surface area contributed by atoms with Crippen molar-refractivity contribution in [1.29, 1.82) is 0 Å². The van der Waals surface area contributed by atoms with E-state index in [9.17, 15) is 14.3 Å². The molecular weight excluding hydrogens is 551 g/mol. The van der Waals surface area contributed by atoms with Crippen molar-refractivity contribution in [2.24, 2.45) is 5.11 Å². The van der Waals surface area contributed by atoms with E-state index in [1.807, 2.05) is 24.3 Å². The minimum atomic E-state index is -1.84. The van der Waals surface area contributed by atoms with Crippen LogP contribution in [0.5, 0.6) is 0 Å². The summed E-state index contributed by atoms with van der Waals surface area (Å²) in [6.07, 6.45) is 6.65. The van der Waals surface area contributed by atoms with Crippen molar-refractivity contribution in [2.45, 2.75) is 38.5 Å². The average Bonchev–Trinajstić information content (AvgIpc) is 3.00. The Morgan fingerprint density at radius 2 is 1.66 bits per heavy atom. The highest BCUT2D eigenvalue weighted by atomic mass is 32.1. The van der Waals surface area contributed by atoms with E-state index in [4.69, 9.17) is 5.53 Å². The van der Waals surface area contributed by atoms with Crippen molar-refractivity contribution in [3.8, 4) is 21.6 Å². The normalized spacial score (nSPS) is 15.8. The molecule has 2 fully saturated rings. The first kappa shape index (κ1) is 27.1. The summed E-state index contributed by atoms with van der Waals surface area (Å²) >= 11 is 1.49. The third kappa shape index (κ3) is 4.79. The molecule has 11 heteroatoms. The van der Waals surface area contributed by atoms with Crippen molar-refractivity contribution >= 4 is 38.8 Å². The lowest BCUT2D eigenvalue weighted by molar-refractivity contribution is 0.0691. The Hall–Kier alpha value is -4.08. The number of carboxylic acids is 1. The van der Waals surface area contributed by atoms with Gasteiger partial charge in [0.05, 0.1) is 0 Å². The molecule has 3 aliphatic heterocycles. The molecule has 2 aromatic carbocycles. The molecule has 0 saturated carbocycles. The van der Waals surface area contributed by atoms with E-state index in [1.165, 1.54) is 24.2 Å². The fourth-order valence-corrected chi connectivity index (χ4v) is 7.21. The lowest BCUT2D eigenvalue weighted by Crippen LogP contribution is -2.34. The van der Waals surface area contributed by atoms with Crippen molar-refractivity contribution in [3.63, 3.8) is 0 Å². The Kier molecular flexibility index (Phi) is 7.32. The summed E-state index contributed by atoms with van der Waals surface area (Å²) in [6.45, 7) is 3.64. The van der Waals surface area contributed by atoms with Crippen LogP contribution in [0, 0.1) is 17.5 Å². The van der Waals surface area contributed by atoms with Gasteiger partial charge in [-0.3, -0.25) is 0 Å². The molecule has 2 aromatic rings. The molecule has 0 amide bonds. The summed E-state index contributed by atoms with van der Waals surface area (Å²) in [5, 5.41) is 14.5. The van der Waals surface area contributed by atoms with Gasteiger partial charge in [0.2, 0.25) is 5.36 Å². The van der Waals surface area contributed by atoms with Gasteiger partial charge in [0.1, 0.15) is 30.2 Å². The minimum Gasteiger partial charge on any atom is -0.478 e. The van der Waals surface area contributed by atoms with Crippen LogP contribution in [0.1, 0.15) is 48.9 Å². The maximum absolute atomic E-state index is 16.1. The van der Waals surface area contributed by atoms with Gasteiger partial charge in [-0.2, -0.15) is 0 Å². The van der Waals surface area contributed by atoms with Crippen molar-refractivity contribution in [1.82, 2.24) is 4.58 Å². The van der Waals surface area contributed by atoms with E-state index < -0.39 is 40.2 Å². The maximum Gasteiger partial charge on any atom is 0.339 e. The van der Waals surface area contributed by atoms with E-state index in [0.717, 1.165) is 72.5 Å². The summed E-state index contributed by atoms with van der Waals surface area (Å²) in [5.74, 6) is -6.86. The lowest BCUT2D eigenvalue weighted by Gasteiger charge is -2.29. The van der Waals surface area contributed by atoms with Gasteiger partial charge in [-0.25, -0.2) is 22.5 Å². The van der Waals surface area contributed by atoms with Crippen molar-refractivity contribution in [2.75, 3.05) is 31.1 Å². The highest BCUT2D eigenvalue weighted by Gasteiger charge is 2.32. The molecule has 0 aromatic heterocycles. The van der Waals surface area contributed by atoms with Crippen molar-refractivity contribution in [3.05, 3.63) is 75.2 Å². The van der Waals surface area contributed by atoms with E-state index in [-0.39, 0.29) is 5.56 Å². The quantitative estimate of drug-likeness (QED) is 0.0672. The average molecular weight is 579 g/mol. The molecule has 41 heavy (non-hydrogen) atoms. The Labute approximate surface area is 237 Å². The number of fused-ring (bicyclic) bond motifs is 2. The van der Waals surface area contributed by atoms with Gasteiger partial charge in [0.15, 0.2) is 11.6 Å². The van der Waals surface area contributed by atoms with Crippen LogP contribution in [-0.2, 0) is 0 Å². The maximum atomic E-state index is 16.1. The second kappa shape index (κ2) is 11.1. The van der Waals surface area contributed by atoms with Crippen LogP contribution in [0.15, 0.2) is 41.5 Å². The number of rotatable bonds is 4. The number of aromatic carboxylic acids is 1. The second-order valence-corrected chi connectivity index (χ2v) is 11.6. The van der Waals surface area contributed by atoms with Gasteiger partial charge < -0.3 is 10.0 Å². The van der Waals surface area contributed by atoms with Crippen LogP contribution in [-0.4, -0.2) is 37.3 Å². The monoisotopic (exact) mass is 578 g/mol. The van der Waals surface area contributed by atoms with Crippen molar-refractivity contribution < 1.29 is 23.1 Å². The Morgan fingerprint density at radius 3 is 2.37 bits per heavy atom. The molecule has 0 radical (unpaired) electrons. The minimum absolute atomic E-state index is 0.118. The fraction of sp³-hybridized carbons (Fsp3) is 0.333. The van der Waals surface area contributed by atoms with E-state index in [1.54, 1.807) is 12.1 Å². The second-order valence-electron chi connectivity index (χ2n) is 10.5. The third-order valence-corrected chi connectivity index (χ3v) is 9.15. The van der Waals surface area contributed by atoms with Gasteiger partial charge in [0.25, 0.3) is 0 Å². The van der Waals surface area contributed by atoms with Crippen LogP contribution < -0.4 is 14.8 Å². The number of nitrogens with zero attached hydrogens (tertiary/aromatic N) is 5. The first-order valence-electron chi connectivity index (χ1n) is 13.7. The first-order chi connectivity index (χ1) is 19.9. The number of piperidine rings is 2. The predicted octanol–water partition coefficient (Wildman–Crippen LogP) is 7.68. The largest absolute Gasteiger partial charge is 0.478 e. The van der Waals surface area contributed by atoms with Crippen LogP contribution in [0.25, 0.3) is 42.1 Å². The third-order valence-electron chi connectivity index (χ3n) is 8.04. The fourth-order valence-electron chi connectivity index (χ4n) is 6.05. The van der Waals surface area contributed by atoms with Gasteiger partial charge in [-0.05, 0) is 49.4 Å². The van der Waals surface area contributed by atoms with Crippen LogP contribution in [0.3, 0.4) is 0 Å². The summed E-state index contributed by atoms with van der Waals surface area (Å²) in [5.41, 5.74) is 7.55. The molecule has 0 atom stereocenters. The molecule has 210 valence electrons. The van der Waals surface area contributed by atoms with Gasteiger partial charge in [-0.1, -0.05) is 11.2 Å². The lowest BCUT2D eigenvalue weighted by atomic mass is 9.90. The SMILES string of the molecule is [N-]=[N+]=Nc1c(F)c(F)c(C(=O)O)c(-c2c3ccc(=[N+]4CCCCC4)cc-3sc3cc(N4CCCCC4)ccc23)c1F. The zero-order valence-corrected chi connectivity index (χ0v) is 23.0. The number of carboxylic acid groups (broad SMARTS) is 1. The molecule has 0 bridgehead atoms. The molecule has 0 spiro atoms. The molecule has 7 nitrogen and oxygen atoms in total. The van der Waals surface area contributed by atoms with E-state index in [2.05, 4.69) is 19.5 Å². The smallest absolute Gasteiger partial charge is 0.339 e. The van der Waals surface area contributed by atoms with E-state index >= 15 is 8.78 Å². The number of carbonyl (C=O) groups is 1. The van der Waals surface area contributed by atoms with Gasteiger partial charge in [0, 0.05) is 80.3 Å². The highest BCUT2D eigenvalue weighted by Crippen LogP contribution is 2.48. The topological polar surface area (TPSA) is 92.3 Å². The highest BCUT2D eigenvalue weighted by molar-refractivity contribution is 7.21. The number of halogens is 3. The number of hydrogen-bond acceptors (Lipinski definition) is 4. The molecule has 4 aliphatic rings. The zero-order chi connectivity index (χ0) is 28.7. The molecule has 1 N–H and O–H groups in total. The standard InChI is InChI=1S/C30H26F3N5O2S/c31-26-25(30(39)40)24(27(32)29(28(26)33)35-36-34)23-19-9-7-17(37-11-3-1-4-12-37)15-21(19)41-22-16-18(8-10-20(22)23)38-13-5-2-6-14-38/h7-10,15-16H,1-6,11-14H2/p+1. The molecule has 2 saturated heterocycles. The molecule has 1 aliphatic carbocycles. The number of hydrogen-bond donors (Lipinski definition) is 1. The number of azide groups is 1. The number of benzene rings is 3. The van der Waals surface area contributed by atoms with Crippen LogP contribution >= 0.6 is 11.3 Å². The summed E-state index contributed by atoms with van der Waals surface area (Å²) in [7, 11) is 0. The summed E-state index contributed by atoms with van der Waals surface area (Å²) in [4.78, 5) is 17.8. The Balaban J connectivity index is 1.73. The van der Waals surface area contributed by atoms with Crippen LogP contribution in [0.2, 0.25) is 0 Å². The molecule has 0 unspecified atom stereocenters. The summed E-state index contributed by atoms with van der Waals surface area (Å²) in [6, 6.07) is 11.3. The zero-order valence-electron chi connectivity index (χ0n) is 22.2. The Morgan fingerprint density at radius 1 is 0.927 bits per heavy atom. The first-order valence-corrected chi connectivity index (χ1v) is 14.5. The van der Waals surface area contributed by atoms with Gasteiger partial charge >= 0.3 is 5.97 Å². The predicted molar refractivity (Wildman–Crippen MR) is 154 cm³/mol.